The summed E-state index contributed by atoms with van der Waals surface area (Å²) in [4.78, 5) is 0. The third-order valence-corrected chi connectivity index (χ3v) is 1.69. The van der Waals surface area contributed by atoms with Crippen LogP contribution >= 0.6 is 0 Å². The van der Waals surface area contributed by atoms with Gasteiger partial charge in [0.25, 0.3) is 8.07 Å². The Balaban J connectivity index is 5.63. The SMILES string of the molecule is [2H]C#C[Si](C#C[2H])(C#C[2H])C([2H])([2H])[2H]. The largest absolute Gasteiger partial charge is 0.286 e. The molecule has 0 atom stereocenters. The van der Waals surface area contributed by atoms with Crippen molar-refractivity contribution < 1.29 is 8.22 Å². The van der Waals surface area contributed by atoms with Gasteiger partial charge >= 0.3 is 0 Å². The van der Waals surface area contributed by atoms with Crippen LogP contribution in [0.1, 0.15) is 8.22 Å². The van der Waals surface area contributed by atoms with Gasteiger partial charge < -0.3 is 0 Å². The highest BCUT2D eigenvalue weighted by Gasteiger charge is 2.16. The van der Waals surface area contributed by atoms with Gasteiger partial charge in [-0.3, -0.25) is 0 Å². The first-order chi connectivity index (χ1) is 6.43. The zero-order chi connectivity index (χ0) is 11.2. The van der Waals surface area contributed by atoms with Crippen LogP contribution in [0.25, 0.3) is 0 Å². The minimum absolute atomic E-state index is 1.71. The van der Waals surface area contributed by atoms with Crippen molar-refractivity contribution in [3.8, 4) is 35.8 Å². The Morgan fingerprint density at radius 3 is 2.12 bits per heavy atom. The second-order valence-corrected chi connectivity index (χ2v) is 3.38. The minimum atomic E-state index is -3.64. The van der Waals surface area contributed by atoms with E-state index in [0.29, 0.717) is 0 Å². The van der Waals surface area contributed by atoms with Crippen molar-refractivity contribution in [1.29, 1.82) is 0 Å². The monoisotopic (exact) mass is 124 g/mol. The lowest BCUT2D eigenvalue weighted by molar-refractivity contribution is 2.12. The van der Waals surface area contributed by atoms with Crippen LogP contribution < -0.4 is 0 Å². The molecule has 0 rings (SSSR count). The van der Waals surface area contributed by atoms with Crippen molar-refractivity contribution >= 4 is 8.07 Å². The predicted octanol–water partition coefficient (Wildman–Crippen LogP) is 0.582. The Hall–Kier alpha value is -1.10. The first-order valence-corrected chi connectivity index (χ1v) is 3.75. The molecule has 0 aromatic carbocycles. The third kappa shape index (κ3) is 1.19. The maximum atomic E-state index is 7.18. The fraction of sp³-hybridized carbons (Fsp3) is 0.143. The van der Waals surface area contributed by atoms with Gasteiger partial charge in [-0.05, 0) is 6.48 Å². The summed E-state index contributed by atoms with van der Waals surface area (Å²) in [5, 5.41) is 0. The predicted molar refractivity (Wildman–Crippen MR) is 38.1 cm³/mol. The van der Waals surface area contributed by atoms with Gasteiger partial charge in [0, 0.05) is 4.11 Å². The van der Waals surface area contributed by atoms with Gasteiger partial charge in [-0.1, -0.05) is 0 Å². The number of rotatable bonds is 0. The molecule has 0 fully saturated rings. The normalized spacial score (nSPS) is 18.0. The van der Waals surface area contributed by atoms with Crippen molar-refractivity contribution in [2.45, 2.75) is 6.48 Å². The Morgan fingerprint density at radius 1 is 1.38 bits per heavy atom. The van der Waals surface area contributed by atoms with Crippen LogP contribution in [0.2, 0.25) is 6.48 Å². The first-order valence-electron chi connectivity index (χ1n) is 4.75. The summed E-state index contributed by atoms with van der Waals surface area (Å²) in [6, 6.07) is 0. The second kappa shape index (κ2) is 2.27. The summed E-state index contributed by atoms with van der Waals surface area (Å²) in [5.41, 5.74) is 6.43. The van der Waals surface area contributed by atoms with E-state index >= 15 is 0 Å². The van der Waals surface area contributed by atoms with Gasteiger partial charge in [0.15, 0.2) is 0 Å². The van der Waals surface area contributed by atoms with Gasteiger partial charge in [0.1, 0.15) is 4.11 Å². The van der Waals surface area contributed by atoms with E-state index in [1.54, 1.807) is 19.2 Å². The van der Waals surface area contributed by atoms with Crippen LogP contribution in [0, 0.1) is 35.8 Å². The molecular weight excluding hydrogens is 112 g/mol. The van der Waals surface area contributed by atoms with Crippen molar-refractivity contribution in [3.05, 3.63) is 0 Å². The lowest BCUT2D eigenvalue weighted by Crippen LogP contribution is -2.23. The van der Waals surface area contributed by atoms with E-state index < -0.39 is 14.5 Å². The Morgan fingerprint density at radius 2 is 1.88 bits per heavy atom. The molecule has 0 aliphatic carbocycles. The standard InChI is InChI=1S/C7H6Si/c1-5-8(4,6-2)7-3/h1-3H,4H3/i1D,2D,3D,4D3. The molecule has 38 valence electrons. The van der Waals surface area contributed by atoms with Gasteiger partial charge in [-0.15, -0.1) is 35.8 Å². The van der Waals surface area contributed by atoms with Gasteiger partial charge in [-0.2, -0.15) is 0 Å². The molecular formula is C7H6Si. The highest BCUT2D eigenvalue weighted by Crippen LogP contribution is 1.93. The quantitative estimate of drug-likeness (QED) is 0.327. The molecule has 0 amide bonds. The molecule has 0 aromatic heterocycles. The number of hydrogen-bond donors (Lipinski definition) is 0. The summed E-state index contributed by atoms with van der Waals surface area (Å²) in [6.07, 6.45) is 5.14. The molecule has 0 aliphatic heterocycles. The molecule has 0 saturated carbocycles. The van der Waals surface area contributed by atoms with Crippen LogP contribution in [0.15, 0.2) is 0 Å². The van der Waals surface area contributed by atoms with Crippen molar-refractivity contribution in [1.82, 2.24) is 0 Å². The van der Waals surface area contributed by atoms with E-state index in [1.165, 1.54) is 0 Å². The third-order valence-electron chi connectivity index (χ3n) is 0.562. The summed E-state index contributed by atoms with van der Waals surface area (Å²) in [7, 11) is -3.64. The summed E-state index contributed by atoms with van der Waals surface area (Å²) in [6.45, 7) is -2.52. The maximum Gasteiger partial charge on any atom is 0.286 e. The molecule has 0 unspecified atom stereocenters. The van der Waals surface area contributed by atoms with Crippen molar-refractivity contribution in [2.75, 3.05) is 0 Å². The van der Waals surface area contributed by atoms with E-state index in [1.807, 2.05) is 0 Å². The Labute approximate surface area is 59.7 Å². The molecule has 0 saturated heterocycles. The molecule has 0 aromatic rings. The maximum absolute atomic E-state index is 7.18. The smallest absolute Gasteiger partial charge is 0.125 e. The molecule has 0 radical (unpaired) electrons. The average Bonchev–Trinajstić information content (AvgIpc) is 2.03. The first kappa shape index (κ1) is 1.69. The molecule has 0 aliphatic rings. The van der Waals surface area contributed by atoms with Gasteiger partial charge in [0.2, 0.25) is 0 Å². The summed E-state index contributed by atoms with van der Waals surface area (Å²) in [5.74, 6) is 0. The topological polar surface area (TPSA) is 0 Å². The molecule has 0 N–H and O–H groups in total. The minimum Gasteiger partial charge on any atom is -0.125 e. The number of hydrogen-bond acceptors (Lipinski definition) is 0. The molecule has 0 bridgehead atoms. The Kier molecular flexibility index (Phi) is 0.480. The fourth-order valence-electron chi connectivity index (χ4n) is 0.0938. The van der Waals surface area contributed by atoms with Crippen LogP contribution in [0.5, 0.6) is 0 Å². The lowest BCUT2D eigenvalue weighted by atomic mass is 11.3. The second-order valence-electron chi connectivity index (χ2n) is 1.12. The van der Waals surface area contributed by atoms with E-state index in [9.17, 15) is 0 Å². The number of terminal acetylenes is 3. The van der Waals surface area contributed by atoms with Crippen molar-refractivity contribution in [2.24, 2.45) is 0 Å². The van der Waals surface area contributed by atoms with Crippen LogP contribution in [0.4, 0.5) is 0 Å². The van der Waals surface area contributed by atoms with Crippen LogP contribution in [-0.2, 0) is 0 Å². The average molecular weight is 124 g/mol. The summed E-state index contributed by atoms with van der Waals surface area (Å²) >= 11 is 0. The lowest BCUT2D eigenvalue weighted by Gasteiger charge is -1.99. The Bertz CT molecular complexity index is 326. The van der Waals surface area contributed by atoms with E-state index in [0.717, 1.165) is 0 Å². The van der Waals surface area contributed by atoms with Gasteiger partial charge in [-0.25, -0.2) is 0 Å². The molecule has 1 heteroatoms. The molecule has 0 heterocycles. The van der Waals surface area contributed by atoms with Crippen LogP contribution in [-0.4, -0.2) is 8.07 Å². The van der Waals surface area contributed by atoms with Crippen LogP contribution in [0.3, 0.4) is 0 Å². The summed E-state index contributed by atoms with van der Waals surface area (Å²) < 4.78 is 41.5. The zero-order valence-electron chi connectivity index (χ0n) is 10.0. The molecule has 8 heavy (non-hydrogen) atoms. The highest BCUT2D eigenvalue weighted by atomic mass is 28.3. The molecule has 0 spiro atoms. The fourth-order valence-corrected chi connectivity index (χ4v) is 0.281. The van der Waals surface area contributed by atoms with E-state index in [4.69, 9.17) is 8.22 Å². The van der Waals surface area contributed by atoms with E-state index in [-0.39, 0.29) is 0 Å². The van der Waals surface area contributed by atoms with E-state index in [2.05, 4.69) is 16.6 Å². The molecule has 0 nitrogen and oxygen atoms in total. The van der Waals surface area contributed by atoms with Crippen molar-refractivity contribution in [3.63, 3.8) is 0 Å². The highest BCUT2D eigenvalue weighted by molar-refractivity contribution is 6.99. The zero-order valence-corrected chi connectivity index (χ0v) is 5.00. The van der Waals surface area contributed by atoms with Gasteiger partial charge in [0.05, 0.1) is 0 Å².